The van der Waals surface area contributed by atoms with Crippen LogP contribution in [0.25, 0.3) is 0 Å². The highest BCUT2D eigenvalue weighted by Crippen LogP contribution is 2.36. The maximum atomic E-state index is 12.7. The molecule has 124 valence electrons. The topological polar surface area (TPSA) is 53.5 Å². The summed E-state index contributed by atoms with van der Waals surface area (Å²) in [7, 11) is 0. The summed E-state index contributed by atoms with van der Waals surface area (Å²) >= 11 is 0. The fraction of sp³-hybridized carbons (Fsp3) is 0.500. The molecule has 0 atom stereocenters. The normalized spacial score (nSPS) is 27.0. The van der Waals surface area contributed by atoms with Crippen molar-refractivity contribution in [2.24, 2.45) is 11.0 Å². The molecule has 1 aromatic carbocycles. The molecule has 0 radical (unpaired) electrons. The van der Waals surface area contributed by atoms with E-state index in [2.05, 4.69) is 15.8 Å². The van der Waals surface area contributed by atoms with Crippen molar-refractivity contribution in [3.63, 3.8) is 0 Å². The Labute approximate surface area is 132 Å². The first-order valence-corrected chi connectivity index (χ1v) is 7.65. The molecule has 0 saturated heterocycles. The van der Waals surface area contributed by atoms with Crippen LogP contribution < -0.4 is 10.7 Å². The number of carbonyl (C=O) groups excluding carboxylic acids is 1. The molecule has 23 heavy (non-hydrogen) atoms. The quantitative estimate of drug-likeness (QED) is 0.874. The van der Waals surface area contributed by atoms with Gasteiger partial charge in [-0.1, -0.05) is 6.07 Å². The molecule has 1 aromatic rings. The number of nitrogens with one attached hydrogen (secondary N) is 2. The zero-order valence-corrected chi connectivity index (χ0v) is 12.5. The fourth-order valence-corrected chi connectivity index (χ4v) is 3.21. The molecule has 1 aliphatic carbocycles. The van der Waals surface area contributed by atoms with Gasteiger partial charge in [0.1, 0.15) is 0 Å². The lowest BCUT2D eigenvalue weighted by molar-refractivity contribution is -0.137. The summed E-state index contributed by atoms with van der Waals surface area (Å²) in [6.07, 6.45) is 1.41. The number of anilines is 1. The van der Waals surface area contributed by atoms with Gasteiger partial charge in [-0.15, -0.1) is 0 Å². The Hall–Kier alpha value is -2.05. The Balaban J connectivity index is 1.60. The zero-order valence-electron chi connectivity index (χ0n) is 12.5. The molecule has 1 aliphatic heterocycles. The molecule has 0 aromatic heterocycles. The second kappa shape index (κ2) is 5.86. The van der Waals surface area contributed by atoms with Gasteiger partial charge in [0.25, 0.3) is 0 Å². The van der Waals surface area contributed by atoms with Gasteiger partial charge in [0.2, 0.25) is 5.91 Å². The Kier molecular flexibility index (Phi) is 4.04. The summed E-state index contributed by atoms with van der Waals surface area (Å²) in [6, 6.07) is 4.73. The van der Waals surface area contributed by atoms with E-state index in [1.165, 1.54) is 12.1 Å². The summed E-state index contributed by atoms with van der Waals surface area (Å²) in [4.78, 5) is 12.3. The summed E-state index contributed by atoms with van der Waals surface area (Å²) in [5.41, 5.74) is 2.53. The van der Waals surface area contributed by atoms with Crippen LogP contribution in [-0.4, -0.2) is 17.7 Å². The second-order valence-corrected chi connectivity index (χ2v) is 6.25. The van der Waals surface area contributed by atoms with Crippen molar-refractivity contribution in [1.29, 1.82) is 0 Å². The van der Waals surface area contributed by atoms with Gasteiger partial charge < -0.3 is 10.7 Å². The first-order valence-electron chi connectivity index (χ1n) is 7.65. The highest BCUT2D eigenvalue weighted by molar-refractivity contribution is 5.92. The molecule has 3 rings (SSSR count). The molecule has 4 nitrogen and oxygen atoms in total. The number of alkyl halides is 3. The average Bonchev–Trinajstić information content (AvgIpc) is 2.95. The van der Waals surface area contributed by atoms with Gasteiger partial charge in [-0.25, -0.2) is 0 Å². The van der Waals surface area contributed by atoms with Crippen molar-refractivity contribution in [2.45, 2.75) is 43.8 Å². The van der Waals surface area contributed by atoms with Crippen molar-refractivity contribution < 1.29 is 18.0 Å². The van der Waals surface area contributed by atoms with Gasteiger partial charge in [-0.05, 0) is 43.9 Å². The van der Waals surface area contributed by atoms with Gasteiger partial charge in [0, 0.05) is 24.2 Å². The first-order chi connectivity index (χ1) is 10.9. The summed E-state index contributed by atoms with van der Waals surface area (Å²) in [6.45, 7) is 0. The summed E-state index contributed by atoms with van der Waals surface area (Å²) in [5, 5.41) is 6.66. The van der Waals surface area contributed by atoms with Gasteiger partial charge >= 0.3 is 6.18 Å². The minimum atomic E-state index is -4.41. The number of benzene rings is 1. The molecule has 2 aliphatic rings. The standard InChI is InChI=1S/C16H18F3N3O/c17-16(18,19)12-2-1-3-13(10-12)21-14(23)11-4-6-15(7-5-11)8-9-20-22-15/h1-3,9-11,22H,4-8H2,(H,21,23). The fourth-order valence-electron chi connectivity index (χ4n) is 3.21. The molecular formula is C16H18F3N3O. The van der Waals surface area contributed by atoms with Crippen LogP contribution in [0.1, 0.15) is 37.7 Å². The Morgan fingerprint density at radius 2 is 2.04 bits per heavy atom. The summed E-state index contributed by atoms with van der Waals surface area (Å²) in [5.74, 6) is -0.379. The van der Waals surface area contributed by atoms with E-state index >= 15 is 0 Å². The van der Waals surface area contributed by atoms with Crippen LogP contribution in [0.2, 0.25) is 0 Å². The number of rotatable bonds is 2. The molecule has 7 heteroatoms. The second-order valence-electron chi connectivity index (χ2n) is 6.25. The van der Waals surface area contributed by atoms with Crippen LogP contribution in [0.3, 0.4) is 0 Å². The van der Waals surface area contributed by atoms with E-state index in [1.807, 2.05) is 6.21 Å². The third-order valence-electron chi connectivity index (χ3n) is 4.65. The van der Waals surface area contributed by atoms with Gasteiger partial charge in [0.15, 0.2) is 0 Å². The first kappa shape index (κ1) is 15.8. The Morgan fingerprint density at radius 3 is 2.65 bits per heavy atom. The van der Waals surface area contributed by atoms with E-state index in [9.17, 15) is 18.0 Å². The number of amides is 1. The number of nitrogens with zero attached hydrogens (tertiary/aromatic N) is 1. The predicted octanol–water partition coefficient (Wildman–Crippen LogP) is 3.55. The maximum Gasteiger partial charge on any atom is 0.416 e. The van der Waals surface area contributed by atoms with Crippen molar-refractivity contribution in [3.05, 3.63) is 29.8 Å². The van der Waals surface area contributed by atoms with E-state index in [0.29, 0.717) is 12.8 Å². The molecule has 2 N–H and O–H groups in total. The SMILES string of the molecule is O=C(Nc1cccc(C(F)(F)F)c1)C1CCC2(CC=NN2)CC1. The number of carbonyl (C=O) groups is 1. The molecular weight excluding hydrogens is 307 g/mol. The largest absolute Gasteiger partial charge is 0.416 e. The molecule has 1 fully saturated rings. The van der Waals surface area contributed by atoms with E-state index in [1.54, 1.807) is 0 Å². The van der Waals surface area contributed by atoms with Crippen LogP contribution in [0, 0.1) is 5.92 Å². The number of halogens is 3. The van der Waals surface area contributed by atoms with Gasteiger partial charge in [-0.3, -0.25) is 4.79 Å². The lowest BCUT2D eigenvalue weighted by Crippen LogP contribution is -2.44. The van der Waals surface area contributed by atoms with E-state index in [-0.39, 0.29) is 23.1 Å². The molecule has 0 unspecified atom stereocenters. The molecule has 1 heterocycles. The molecule has 1 amide bonds. The van der Waals surface area contributed by atoms with E-state index in [4.69, 9.17) is 0 Å². The van der Waals surface area contributed by atoms with Crippen LogP contribution in [-0.2, 0) is 11.0 Å². The smallest absolute Gasteiger partial charge is 0.326 e. The van der Waals surface area contributed by atoms with E-state index in [0.717, 1.165) is 31.4 Å². The average molecular weight is 325 g/mol. The molecule has 1 spiro atoms. The van der Waals surface area contributed by atoms with Crippen molar-refractivity contribution >= 4 is 17.8 Å². The molecule has 1 saturated carbocycles. The summed E-state index contributed by atoms with van der Waals surface area (Å²) < 4.78 is 38.1. The lowest BCUT2D eigenvalue weighted by Gasteiger charge is -2.36. The molecule has 0 bridgehead atoms. The van der Waals surface area contributed by atoms with E-state index < -0.39 is 11.7 Å². The van der Waals surface area contributed by atoms with Crippen LogP contribution in [0.4, 0.5) is 18.9 Å². The maximum absolute atomic E-state index is 12.7. The van der Waals surface area contributed by atoms with Crippen LogP contribution in [0.15, 0.2) is 29.4 Å². The number of hydrazone groups is 1. The zero-order chi connectivity index (χ0) is 16.5. The third-order valence-corrected chi connectivity index (χ3v) is 4.65. The van der Waals surface area contributed by atoms with Crippen molar-refractivity contribution in [1.82, 2.24) is 5.43 Å². The Morgan fingerprint density at radius 1 is 1.30 bits per heavy atom. The Bertz CT molecular complexity index is 609. The van der Waals surface area contributed by atoms with Gasteiger partial charge in [-0.2, -0.15) is 18.3 Å². The van der Waals surface area contributed by atoms with Crippen molar-refractivity contribution in [3.8, 4) is 0 Å². The predicted molar refractivity (Wildman–Crippen MR) is 81.0 cm³/mol. The lowest BCUT2D eigenvalue weighted by atomic mass is 9.75. The number of hydrogen-bond donors (Lipinski definition) is 2. The number of hydrogen-bond acceptors (Lipinski definition) is 3. The minimum Gasteiger partial charge on any atom is -0.326 e. The minimum absolute atomic E-state index is 0.0209. The van der Waals surface area contributed by atoms with Crippen molar-refractivity contribution in [2.75, 3.05) is 5.32 Å². The van der Waals surface area contributed by atoms with Crippen LogP contribution >= 0.6 is 0 Å². The van der Waals surface area contributed by atoms with Gasteiger partial charge in [0.05, 0.1) is 11.1 Å². The highest BCUT2D eigenvalue weighted by Gasteiger charge is 2.38. The highest BCUT2D eigenvalue weighted by atomic mass is 19.4. The monoisotopic (exact) mass is 325 g/mol. The third kappa shape index (κ3) is 3.48. The van der Waals surface area contributed by atoms with Crippen LogP contribution in [0.5, 0.6) is 0 Å².